The summed E-state index contributed by atoms with van der Waals surface area (Å²) in [6, 6.07) is 29.0. The lowest BCUT2D eigenvalue weighted by atomic mass is 9.75. The molecule has 0 bridgehead atoms. The molecule has 6 rings (SSSR count). The van der Waals surface area contributed by atoms with E-state index in [1.165, 1.54) is 44.5 Å². The molecule has 0 amide bonds. The molecular weight excluding hydrogens is 549 g/mol. The van der Waals surface area contributed by atoms with Crippen molar-refractivity contribution in [3.05, 3.63) is 101 Å². The lowest BCUT2D eigenvalue weighted by molar-refractivity contribution is -0.109. The number of nitrogens with one attached hydrogen (secondary N) is 1. The highest BCUT2D eigenvalue weighted by atomic mass is 16.5. The third-order valence-electron chi connectivity index (χ3n) is 10.9. The fraction of sp³-hybridized carbons (Fsp3) is 0.415. The van der Waals surface area contributed by atoms with Crippen molar-refractivity contribution in [1.82, 2.24) is 0 Å². The second-order valence-electron chi connectivity index (χ2n) is 16.4. The first-order valence-electron chi connectivity index (χ1n) is 16.6. The van der Waals surface area contributed by atoms with E-state index in [4.69, 9.17) is 4.65 Å². The number of aliphatic hydroxyl groups is 1. The van der Waals surface area contributed by atoms with E-state index < -0.39 is 11.2 Å². The molecule has 0 saturated carbocycles. The quantitative estimate of drug-likeness (QED) is 0.198. The predicted molar refractivity (Wildman–Crippen MR) is 193 cm³/mol. The highest BCUT2D eigenvalue weighted by molar-refractivity contribution is 6.50. The Morgan fingerprint density at radius 3 is 1.76 bits per heavy atom. The summed E-state index contributed by atoms with van der Waals surface area (Å²) < 4.78 is 6.81. The molecule has 234 valence electrons. The van der Waals surface area contributed by atoms with Gasteiger partial charge in [-0.1, -0.05) is 109 Å². The maximum Gasteiger partial charge on any atom is 0.311 e. The summed E-state index contributed by atoms with van der Waals surface area (Å²) >= 11 is 0. The maximum absolute atomic E-state index is 11.3. The Morgan fingerprint density at radius 1 is 0.644 bits per heavy atom. The molecule has 0 saturated heterocycles. The van der Waals surface area contributed by atoms with Gasteiger partial charge in [-0.15, -0.1) is 0 Å². The fourth-order valence-electron chi connectivity index (χ4n) is 7.37. The smallest absolute Gasteiger partial charge is 0.311 e. The van der Waals surface area contributed by atoms with Crippen LogP contribution in [0.2, 0.25) is 0 Å². The third-order valence-corrected chi connectivity index (χ3v) is 10.9. The predicted octanol–water partition coefficient (Wildman–Crippen LogP) is 9.39. The molecule has 4 aromatic rings. The molecule has 2 N–H and O–H groups in total. The molecule has 2 aliphatic rings. The van der Waals surface area contributed by atoms with Crippen LogP contribution >= 0.6 is 0 Å². The highest BCUT2D eigenvalue weighted by Gasteiger charge is 2.42. The molecule has 1 atom stereocenters. The van der Waals surface area contributed by atoms with Crippen molar-refractivity contribution in [3.63, 3.8) is 0 Å². The van der Waals surface area contributed by atoms with Crippen LogP contribution in [0.4, 0.5) is 11.4 Å². The minimum atomic E-state index is -1.00. The van der Waals surface area contributed by atoms with Gasteiger partial charge in [0.1, 0.15) is 0 Å². The lowest BCUT2D eigenvalue weighted by Gasteiger charge is -2.42. The standard InChI is InChI=1S/C41H50BNO2/c1-37(2,3)21-22-41(10,40(8,9)44)45-42-35-24-30-28-16-12-14-18-32(28)39(6,7)34(30)25-36(35)43-26-19-20-29-27-15-11-13-17-31(27)38(4,5)33(29)23-26/h11-20,23-25,42-44H,21-22H2,1-10H3. The molecule has 0 spiro atoms. The number of fused-ring (bicyclic) bond motifs is 6. The largest absolute Gasteiger partial charge is 0.426 e. The van der Waals surface area contributed by atoms with E-state index in [9.17, 15) is 5.11 Å². The van der Waals surface area contributed by atoms with Gasteiger partial charge in [-0.3, -0.25) is 0 Å². The molecule has 3 nitrogen and oxygen atoms in total. The highest BCUT2D eigenvalue weighted by Crippen LogP contribution is 2.51. The van der Waals surface area contributed by atoms with Crippen molar-refractivity contribution < 1.29 is 9.76 Å². The Labute approximate surface area is 271 Å². The van der Waals surface area contributed by atoms with Crippen LogP contribution < -0.4 is 10.8 Å². The topological polar surface area (TPSA) is 41.5 Å². The Kier molecular flexibility index (Phi) is 7.46. The van der Waals surface area contributed by atoms with E-state index in [1.54, 1.807) is 0 Å². The van der Waals surface area contributed by atoms with Crippen LogP contribution in [0.25, 0.3) is 22.3 Å². The van der Waals surface area contributed by atoms with Crippen molar-refractivity contribution in [1.29, 1.82) is 0 Å². The summed E-state index contributed by atoms with van der Waals surface area (Å²) in [5.41, 5.74) is 12.1. The summed E-state index contributed by atoms with van der Waals surface area (Å²) in [7, 11) is 0.394. The molecule has 0 aliphatic heterocycles. The molecular formula is C41H50BNO2. The van der Waals surface area contributed by atoms with Gasteiger partial charge in [-0.05, 0) is 107 Å². The summed E-state index contributed by atoms with van der Waals surface area (Å²) in [5.74, 6) is 0. The number of hydrogen-bond acceptors (Lipinski definition) is 3. The maximum atomic E-state index is 11.3. The molecule has 0 fully saturated rings. The minimum Gasteiger partial charge on any atom is -0.426 e. The zero-order valence-electron chi connectivity index (χ0n) is 29.0. The van der Waals surface area contributed by atoms with E-state index in [0.29, 0.717) is 7.48 Å². The van der Waals surface area contributed by atoms with Gasteiger partial charge in [0.25, 0.3) is 0 Å². The van der Waals surface area contributed by atoms with Gasteiger partial charge in [-0.2, -0.15) is 0 Å². The molecule has 4 heteroatoms. The second kappa shape index (κ2) is 10.6. The molecule has 0 heterocycles. The van der Waals surface area contributed by atoms with Crippen molar-refractivity contribution in [2.45, 2.75) is 104 Å². The summed E-state index contributed by atoms with van der Waals surface area (Å²) in [4.78, 5) is 0. The van der Waals surface area contributed by atoms with Crippen LogP contribution in [0.5, 0.6) is 0 Å². The van der Waals surface area contributed by atoms with Crippen LogP contribution in [0.1, 0.15) is 104 Å². The average molecular weight is 600 g/mol. The van der Waals surface area contributed by atoms with Crippen molar-refractivity contribution in [3.8, 4) is 22.3 Å². The molecule has 0 radical (unpaired) electrons. The zero-order chi connectivity index (χ0) is 32.6. The monoisotopic (exact) mass is 599 g/mol. The Bertz CT molecular complexity index is 1770. The van der Waals surface area contributed by atoms with Crippen LogP contribution in [0.3, 0.4) is 0 Å². The van der Waals surface area contributed by atoms with Gasteiger partial charge < -0.3 is 15.1 Å². The first-order valence-corrected chi connectivity index (χ1v) is 16.6. The Hall–Kier alpha value is -3.34. The van der Waals surface area contributed by atoms with Gasteiger partial charge in [0.05, 0.1) is 11.2 Å². The normalized spacial score (nSPS) is 17.1. The van der Waals surface area contributed by atoms with Crippen LogP contribution in [0, 0.1) is 5.41 Å². The van der Waals surface area contributed by atoms with Gasteiger partial charge in [0.15, 0.2) is 0 Å². The van der Waals surface area contributed by atoms with Crippen LogP contribution in [-0.4, -0.2) is 23.8 Å². The molecule has 45 heavy (non-hydrogen) atoms. The van der Waals surface area contributed by atoms with Crippen molar-refractivity contribution in [2.75, 3.05) is 5.32 Å². The molecule has 0 aromatic heterocycles. The summed E-state index contributed by atoms with van der Waals surface area (Å²) in [6.45, 7) is 21.9. The Morgan fingerprint density at radius 2 is 1.18 bits per heavy atom. The first kappa shape index (κ1) is 31.6. The zero-order valence-corrected chi connectivity index (χ0v) is 29.0. The first-order chi connectivity index (χ1) is 20.9. The van der Waals surface area contributed by atoms with Crippen LogP contribution in [0.15, 0.2) is 78.9 Å². The molecule has 1 unspecified atom stereocenters. The lowest BCUT2D eigenvalue weighted by Crippen LogP contribution is -2.52. The van der Waals surface area contributed by atoms with E-state index in [0.717, 1.165) is 29.7 Å². The van der Waals surface area contributed by atoms with Crippen molar-refractivity contribution in [2.24, 2.45) is 5.41 Å². The van der Waals surface area contributed by atoms with Gasteiger partial charge in [0, 0.05) is 22.2 Å². The molecule has 2 aliphatic carbocycles. The minimum absolute atomic E-state index is 0.0707. The van der Waals surface area contributed by atoms with Gasteiger partial charge in [-0.25, -0.2) is 0 Å². The van der Waals surface area contributed by atoms with E-state index in [1.807, 2.05) is 13.8 Å². The second-order valence-corrected chi connectivity index (χ2v) is 16.4. The van der Waals surface area contributed by atoms with Crippen molar-refractivity contribution >= 4 is 24.3 Å². The summed E-state index contributed by atoms with van der Waals surface area (Å²) in [6.07, 6.45) is 1.72. The third kappa shape index (κ3) is 5.44. The van der Waals surface area contributed by atoms with Gasteiger partial charge in [0.2, 0.25) is 0 Å². The van der Waals surface area contributed by atoms with Gasteiger partial charge >= 0.3 is 7.48 Å². The number of benzene rings is 4. The van der Waals surface area contributed by atoms with E-state index in [2.05, 4.69) is 140 Å². The fourth-order valence-corrected chi connectivity index (χ4v) is 7.37. The molecule has 4 aromatic carbocycles. The average Bonchev–Trinajstić information content (AvgIpc) is 3.33. The van der Waals surface area contributed by atoms with Crippen LogP contribution in [-0.2, 0) is 15.5 Å². The number of rotatable bonds is 8. The summed E-state index contributed by atoms with van der Waals surface area (Å²) in [5, 5.41) is 15.2. The van der Waals surface area contributed by atoms with E-state index >= 15 is 0 Å². The SMILES string of the molecule is CC(C)(C)CCC(C)(OBc1cc2c(cc1Nc1ccc3c(c1)C(C)(C)c1ccccc1-3)C(C)(C)c1ccccc1-2)C(C)(C)O. The van der Waals surface area contributed by atoms with E-state index in [-0.39, 0.29) is 16.2 Å². The number of anilines is 2. The Balaban J connectivity index is 1.41. The number of hydrogen-bond donors (Lipinski definition) is 2.